The van der Waals surface area contributed by atoms with Crippen LogP contribution >= 0.6 is 0 Å². The summed E-state index contributed by atoms with van der Waals surface area (Å²) in [5.74, 6) is 1.48. The van der Waals surface area contributed by atoms with Crippen LogP contribution in [0.15, 0.2) is 78.9 Å². The molecule has 33 heavy (non-hydrogen) atoms. The average Bonchev–Trinajstić information content (AvgIpc) is 3.37. The molecule has 0 spiro atoms. The zero-order valence-electron chi connectivity index (χ0n) is 18.3. The summed E-state index contributed by atoms with van der Waals surface area (Å²) in [4.78, 5) is 4.69. The van der Waals surface area contributed by atoms with Crippen LogP contribution in [0.3, 0.4) is 0 Å². The number of tetrazole rings is 1. The van der Waals surface area contributed by atoms with Crippen LogP contribution in [0.1, 0.15) is 33.8 Å². The number of hydrogen-bond donors (Lipinski definition) is 1. The highest BCUT2D eigenvalue weighted by atomic mass is 16.5. The Kier molecular flexibility index (Phi) is 5.89. The fourth-order valence-corrected chi connectivity index (χ4v) is 3.74. The van der Waals surface area contributed by atoms with Crippen LogP contribution in [0.4, 0.5) is 0 Å². The van der Waals surface area contributed by atoms with E-state index in [1.807, 2.05) is 48.6 Å². The van der Waals surface area contributed by atoms with Crippen molar-refractivity contribution < 1.29 is 4.74 Å². The van der Waals surface area contributed by atoms with Crippen molar-refractivity contribution in [2.24, 2.45) is 0 Å². The molecule has 0 atom stereocenters. The highest BCUT2D eigenvalue weighted by Gasteiger charge is 2.05. The molecule has 0 unspecified atom stereocenters. The molecule has 0 aliphatic carbocycles. The van der Waals surface area contributed by atoms with Gasteiger partial charge in [0.2, 0.25) is 0 Å². The summed E-state index contributed by atoms with van der Waals surface area (Å²) in [6.07, 6.45) is 4.70. The Labute approximate surface area is 192 Å². The van der Waals surface area contributed by atoms with E-state index >= 15 is 0 Å². The minimum absolute atomic E-state index is 0.440. The van der Waals surface area contributed by atoms with Crippen molar-refractivity contribution in [3.63, 3.8) is 0 Å². The molecule has 2 aromatic heterocycles. The molecule has 1 N–H and O–H groups in total. The third-order valence-electron chi connectivity index (χ3n) is 5.50. The highest BCUT2D eigenvalue weighted by Crippen LogP contribution is 2.21. The van der Waals surface area contributed by atoms with E-state index in [2.05, 4.69) is 75.0 Å². The van der Waals surface area contributed by atoms with Gasteiger partial charge in [0.15, 0.2) is 5.82 Å². The summed E-state index contributed by atoms with van der Waals surface area (Å²) >= 11 is 0. The van der Waals surface area contributed by atoms with Gasteiger partial charge in [-0.1, -0.05) is 60.7 Å². The molecule has 162 valence electrons. The summed E-state index contributed by atoms with van der Waals surface area (Å²) < 4.78 is 6.05. The summed E-state index contributed by atoms with van der Waals surface area (Å²) in [5.41, 5.74) is 6.73. The van der Waals surface area contributed by atoms with Gasteiger partial charge in [-0.2, -0.15) is 0 Å². The Morgan fingerprint density at radius 2 is 1.85 bits per heavy atom. The van der Waals surface area contributed by atoms with Crippen molar-refractivity contribution >= 4 is 23.1 Å². The molecule has 2 heterocycles. The van der Waals surface area contributed by atoms with E-state index in [9.17, 15) is 0 Å². The molecule has 0 fully saturated rings. The number of hydrogen-bond acceptors (Lipinski definition) is 5. The van der Waals surface area contributed by atoms with E-state index in [1.54, 1.807) is 0 Å². The lowest BCUT2D eigenvalue weighted by Gasteiger charge is -2.10. The summed E-state index contributed by atoms with van der Waals surface area (Å²) in [7, 11) is 0. The molecule has 5 rings (SSSR count). The van der Waals surface area contributed by atoms with Crippen LogP contribution in [-0.2, 0) is 13.0 Å². The lowest BCUT2D eigenvalue weighted by atomic mass is 9.98. The molecule has 3 aromatic carbocycles. The number of aryl methyl sites for hydroxylation is 1. The Balaban J connectivity index is 1.25. The van der Waals surface area contributed by atoms with Crippen LogP contribution in [0.25, 0.3) is 23.1 Å². The van der Waals surface area contributed by atoms with Crippen LogP contribution in [0.5, 0.6) is 5.75 Å². The molecule has 0 bridgehead atoms. The van der Waals surface area contributed by atoms with Crippen molar-refractivity contribution in [1.29, 1.82) is 0 Å². The molecule has 0 amide bonds. The molecule has 0 saturated heterocycles. The number of benzene rings is 3. The highest BCUT2D eigenvalue weighted by molar-refractivity contribution is 5.78. The molecule has 0 radical (unpaired) electrons. The third kappa shape index (κ3) is 5.13. The van der Waals surface area contributed by atoms with Crippen molar-refractivity contribution in [3.8, 4) is 5.75 Å². The topological polar surface area (TPSA) is 76.6 Å². The van der Waals surface area contributed by atoms with Crippen molar-refractivity contribution in [2.75, 3.05) is 0 Å². The molecule has 5 aromatic rings. The SMILES string of the molecule is Cc1cc(C=Cc2nnn[nH]2)ccc1Cc1cccc(OCc2ccc3ccccc3n2)c1. The first-order valence-corrected chi connectivity index (χ1v) is 10.8. The van der Waals surface area contributed by atoms with Gasteiger partial charge in [0.05, 0.1) is 11.2 Å². The smallest absolute Gasteiger partial charge is 0.172 e. The van der Waals surface area contributed by atoms with Crippen molar-refractivity contribution in [1.82, 2.24) is 25.6 Å². The minimum atomic E-state index is 0.440. The second kappa shape index (κ2) is 9.44. The van der Waals surface area contributed by atoms with E-state index < -0.39 is 0 Å². The first kappa shape index (κ1) is 20.6. The normalized spacial score (nSPS) is 11.3. The number of rotatable bonds is 7. The molecule has 0 aliphatic heterocycles. The van der Waals surface area contributed by atoms with E-state index in [0.29, 0.717) is 12.4 Å². The predicted octanol–water partition coefficient (Wildman–Crippen LogP) is 5.40. The van der Waals surface area contributed by atoms with Gasteiger partial charge >= 0.3 is 0 Å². The molecule has 0 saturated carbocycles. The van der Waals surface area contributed by atoms with E-state index in [0.717, 1.165) is 34.3 Å². The van der Waals surface area contributed by atoms with Crippen LogP contribution in [0, 0.1) is 6.92 Å². The first-order valence-electron chi connectivity index (χ1n) is 10.8. The van der Waals surface area contributed by atoms with Crippen molar-refractivity contribution in [2.45, 2.75) is 20.0 Å². The fraction of sp³-hybridized carbons (Fsp3) is 0.111. The quantitative estimate of drug-likeness (QED) is 0.372. The average molecular weight is 434 g/mol. The predicted molar refractivity (Wildman–Crippen MR) is 130 cm³/mol. The lowest BCUT2D eigenvalue weighted by Crippen LogP contribution is -1.99. The van der Waals surface area contributed by atoms with E-state index in [1.165, 1.54) is 16.7 Å². The standard InChI is InChI=1S/C27H23N5O/c1-19-15-20(10-14-27-29-31-32-30-27)9-11-23(19)16-21-5-4-7-25(17-21)33-18-24-13-12-22-6-2-3-8-26(22)28-24/h2-15,17H,16,18H2,1H3,(H,29,30,31,32). The second-order valence-corrected chi connectivity index (χ2v) is 7.91. The summed E-state index contributed by atoms with van der Waals surface area (Å²) in [6, 6.07) is 26.9. The number of aromatic amines is 1. The van der Waals surface area contributed by atoms with Gasteiger partial charge in [-0.3, -0.25) is 0 Å². The minimum Gasteiger partial charge on any atom is -0.487 e. The number of nitrogens with one attached hydrogen (secondary N) is 1. The maximum atomic E-state index is 6.05. The molecule has 6 heteroatoms. The maximum Gasteiger partial charge on any atom is 0.172 e. The van der Waals surface area contributed by atoms with Gasteiger partial charge in [-0.05, 0) is 76.4 Å². The second-order valence-electron chi connectivity index (χ2n) is 7.91. The van der Waals surface area contributed by atoms with Crippen LogP contribution < -0.4 is 4.74 Å². The number of nitrogens with zero attached hydrogens (tertiary/aromatic N) is 4. The molecular weight excluding hydrogens is 410 g/mol. The Morgan fingerprint density at radius 1 is 0.909 bits per heavy atom. The number of fused-ring (bicyclic) bond motifs is 1. The molecular formula is C27H23N5O. The summed E-state index contributed by atoms with van der Waals surface area (Å²) in [6.45, 7) is 2.57. The Hall–Kier alpha value is -4.32. The number of para-hydroxylation sites is 1. The Bertz CT molecular complexity index is 1410. The Morgan fingerprint density at radius 3 is 2.73 bits per heavy atom. The zero-order valence-corrected chi connectivity index (χ0v) is 18.3. The molecule has 0 aliphatic rings. The fourth-order valence-electron chi connectivity index (χ4n) is 3.74. The van der Waals surface area contributed by atoms with E-state index in [4.69, 9.17) is 4.74 Å². The third-order valence-corrected chi connectivity index (χ3v) is 5.50. The van der Waals surface area contributed by atoms with Gasteiger partial charge in [-0.15, -0.1) is 5.10 Å². The van der Waals surface area contributed by atoms with Gasteiger partial charge in [-0.25, -0.2) is 10.1 Å². The zero-order chi connectivity index (χ0) is 22.5. The van der Waals surface area contributed by atoms with E-state index in [-0.39, 0.29) is 0 Å². The monoisotopic (exact) mass is 433 g/mol. The molecule has 6 nitrogen and oxygen atoms in total. The van der Waals surface area contributed by atoms with Crippen molar-refractivity contribution in [3.05, 3.63) is 113 Å². The number of ether oxygens (including phenoxy) is 1. The number of H-pyrrole nitrogens is 1. The van der Waals surface area contributed by atoms with Gasteiger partial charge in [0.1, 0.15) is 12.4 Å². The largest absolute Gasteiger partial charge is 0.487 e. The first-order chi connectivity index (χ1) is 16.2. The van der Waals surface area contributed by atoms with Crippen LogP contribution in [-0.4, -0.2) is 25.6 Å². The number of aromatic nitrogens is 5. The summed E-state index contributed by atoms with van der Waals surface area (Å²) in [5, 5.41) is 14.9. The van der Waals surface area contributed by atoms with Gasteiger partial charge in [0.25, 0.3) is 0 Å². The lowest BCUT2D eigenvalue weighted by molar-refractivity contribution is 0.301. The van der Waals surface area contributed by atoms with Gasteiger partial charge < -0.3 is 4.74 Å². The van der Waals surface area contributed by atoms with Gasteiger partial charge in [0, 0.05) is 5.39 Å². The number of pyridine rings is 1. The van der Waals surface area contributed by atoms with Crippen LogP contribution in [0.2, 0.25) is 0 Å². The maximum absolute atomic E-state index is 6.05.